The number of benzene rings is 3. The van der Waals surface area contributed by atoms with Gasteiger partial charge < -0.3 is 10.2 Å². The average Bonchev–Trinajstić information content (AvgIpc) is 3.11. The number of halogens is 9. The van der Waals surface area contributed by atoms with Gasteiger partial charge in [-0.1, -0.05) is 12.1 Å². The molecule has 8 nitrogen and oxygen atoms in total. The number of alkyl halides is 9. The van der Waals surface area contributed by atoms with Crippen LogP contribution in [-0.2, 0) is 47.8 Å². The van der Waals surface area contributed by atoms with Crippen molar-refractivity contribution in [3.8, 4) is 0 Å². The van der Waals surface area contributed by atoms with Gasteiger partial charge in [-0.2, -0.15) is 39.5 Å². The van der Waals surface area contributed by atoms with E-state index in [1.807, 2.05) is 0 Å². The summed E-state index contributed by atoms with van der Waals surface area (Å²) in [5, 5.41) is 2.61. The normalized spacial score (nSPS) is 19.2. The molecule has 308 valence electrons. The highest BCUT2D eigenvalue weighted by atomic mass is 32.2. The van der Waals surface area contributed by atoms with Gasteiger partial charge in [-0.05, 0) is 113 Å². The van der Waals surface area contributed by atoms with E-state index in [2.05, 4.69) is 5.32 Å². The molecule has 0 aliphatic carbocycles. The van der Waals surface area contributed by atoms with E-state index < -0.39 is 75.2 Å². The second kappa shape index (κ2) is 15.7. The summed E-state index contributed by atoms with van der Waals surface area (Å²) in [6.07, 6.45) is -13.1. The molecule has 0 saturated carbocycles. The molecule has 0 spiro atoms. The van der Waals surface area contributed by atoms with Gasteiger partial charge in [-0.3, -0.25) is 9.59 Å². The maximum Gasteiger partial charge on any atom is 0.416 e. The molecule has 2 saturated heterocycles. The molecule has 1 N–H and O–H groups in total. The van der Waals surface area contributed by atoms with Crippen LogP contribution in [0.1, 0.15) is 70.1 Å². The van der Waals surface area contributed by atoms with Crippen LogP contribution in [0.25, 0.3) is 0 Å². The van der Waals surface area contributed by atoms with Crippen molar-refractivity contribution in [2.24, 2.45) is 11.8 Å². The molecule has 2 aliphatic heterocycles. The Labute approximate surface area is 318 Å². The molecule has 2 heterocycles. The number of carbonyl (C=O) groups excluding carboxylic acids is 2. The number of nitrogens with one attached hydrogen (secondary N) is 1. The summed E-state index contributed by atoms with van der Waals surface area (Å²) in [5.41, 5.74) is -2.79. The number of rotatable bonds is 7. The third-order valence-corrected chi connectivity index (χ3v) is 15.7. The van der Waals surface area contributed by atoms with Crippen LogP contribution in [0.4, 0.5) is 45.2 Å². The van der Waals surface area contributed by atoms with E-state index in [9.17, 15) is 65.9 Å². The first-order valence-electron chi connectivity index (χ1n) is 17.1. The summed E-state index contributed by atoms with van der Waals surface area (Å²) >= 11 is 0. The maximum atomic E-state index is 13.3. The molecule has 19 heteroatoms. The molecule has 0 bridgehead atoms. The SMILES string of the molecule is CC(C)(C1CCC(=O)N(c2ccc(C(F)(F)F)cc2)C1)S(=O)(=O)c1cccc(C(F)(F)F)c1.CC(C)(C1CCC(=O)NC1)S(=O)(=O)c1cccc(C(F)(F)F)c1. The highest BCUT2D eigenvalue weighted by molar-refractivity contribution is 7.93. The van der Waals surface area contributed by atoms with Crippen LogP contribution in [0.3, 0.4) is 0 Å². The average molecular weight is 843 g/mol. The van der Waals surface area contributed by atoms with Crippen molar-refractivity contribution in [1.82, 2.24) is 5.32 Å². The largest absolute Gasteiger partial charge is 0.416 e. The molecule has 2 atom stereocenters. The van der Waals surface area contributed by atoms with Crippen LogP contribution >= 0.6 is 0 Å². The van der Waals surface area contributed by atoms with Crippen molar-refractivity contribution in [2.75, 3.05) is 18.0 Å². The first kappa shape index (κ1) is 44.6. The molecule has 2 unspecified atom stereocenters. The Balaban J connectivity index is 0.000000265. The number of sulfone groups is 2. The number of hydrogen-bond acceptors (Lipinski definition) is 6. The van der Waals surface area contributed by atoms with E-state index in [0.29, 0.717) is 18.6 Å². The summed E-state index contributed by atoms with van der Waals surface area (Å²) in [6.45, 7) is 5.84. The van der Waals surface area contributed by atoms with Crippen molar-refractivity contribution in [3.63, 3.8) is 0 Å². The van der Waals surface area contributed by atoms with Gasteiger partial charge >= 0.3 is 18.5 Å². The fraction of sp³-hybridized carbons (Fsp3) is 0.459. The molecule has 5 rings (SSSR count). The fourth-order valence-corrected chi connectivity index (χ4v) is 10.1. The van der Waals surface area contributed by atoms with Crippen molar-refractivity contribution >= 4 is 37.2 Å². The van der Waals surface area contributed by atoms with E-state index in [0.717, 1.165) is 54.6 Å². The van der Waals surface area contributed by atoms with Gasteiger partial charge in [0, 0.05) is 31.6 Å². The summed E-state index contributed by atoms with van der Waals surface area (Å²) in [4.78, 5) is 24.1. The zero-order chi connectivity index (χ0) is 42.3. The van der Waals surface area contributed by atoms with E-state index in [1.54, 1.807) is 0 Å². The van der Waals surface area contributed by atoms with Gasteiger partial charge in [0.1, 0.15) is 0 Å². The highest BCUT2D eigenvalue weighted by Crippen LogP contribution is 2.41. The molecular weight excluding hydrogens is 804 g/mol. The first-order chi connectivity index (χ1) is 25.5. The molecule has 56 heavy (non-hydrogen) atoms. The van der Waals surface area contributed by atoms with Gasteiger partial charge in [0.25, 0.3) is 0 Å². The molecule has 0 aromatic heterocycles. The van der Waals surface area contributed by atoms with Crippen molar-refractivity contribution in [2.45, 2.75) is 91.2 Å². The van der Waals surface area contributed by atoms with Crippen LogP contribution in [0.2, 0.25) is 0 Å². The predicted octanol–water partition coefficient (Wildman–Crippen LogP) is 8.50. The summed E-state index contributed by atoms with van der Waals surface area (Å²) in [5.74, 6) is -1.55. The number of carbonyl (C=O) groups is 2. The van der Waals surface area contributed by atoms with Gasteiger partial charge in [0.15, 0.2) is 19.7 Å². The van der Waals surface area contributed by atoms with Crippen LogP contribution in [-0.4, -0.2) is 51.2 Å². The first-order valence-corrected chi connectivity index (χ1v) is 20.1. The Morgan fingerprint density at radius 2 is 1.02 bits per heavy atom. The van der Waals surface area contributed by atoms with E-state index in [1.165, 1.54) is 38.7 Å². The van der Waals surface area contributed by atoms with Crippen molar-refractivity contribution in [1.29, 1.82) is 0 Å². The molecule has 3 aromatic rings. The van der Waals surface area contributed by atoms with E-state index >= 15 is 0 Å². The van der Waals surface area contributed by atoms with Crippen LogP contribution in [0.5, 0.6) is 0 Å². The molecule has 3 aromatic carbocycles. The van der Waals surface area contributed by atoms with Crippen LogP contribution in [0, 0.1) is 11.8 Å². The van der Waals surface area contributed by atoms with Gasteiger partial charge in [0.2, 0.25) is 11.8 Å². The van der Waals surface area contributed by atoms with E-state index in [4.69, 9.17) is 0 Å². The number of nitrogens with zero attached hydrogens (tertiary/aromatic N) is 1. The topological polar surface area (TPSA) is 118 Å². The zero-order valence-electron chi connectivity index (χ0n) is 30.4. The lowest BCUT2D eigenvalue weighted by Gasteiger charge is -2.41. The summed E-state index contributed by atoms with van der Waals surface area (Å²) in [7, 11) is -8.25. The Kier molecular flexibility index (Phi) is 12.5. The Hall–Kier alpha value is -4.13. The number of anilines is 1. The van der Waals surface area contributed by atoms with Crippen LogP contribution < -0.4 is 10.2 Å². The third-order valence-electron chi connectivity index (χ3n) is 10.5. The third kappa shape index (κ3) is 9.35. The lowest BCUT2D eigenvalue weighted by molar-refractivity contribution is -0.138. The minimum absolute atomic E-state index is 0.0484. The standard InChI is InChI=1S/C22H21F6NO3S.C15H18F3NO3S/c1-20(2,33(31,32)18-5-3-4-15(12-18)22(26,27)28)16-8-11-19(30)29(13-16)17-9-6-14(7-10-17)21(23,24)25;1-14(2,11-6-7-13(20)19-9-11)23(21,22)12-5-3-4-10(8-12)15(16,17)18/h3-7,9-10,12,16H,8,11,13H2,1-2H3;3-5,8,11H,6-7,9H2,1-2H3,(H,19,20). The lowest BCUT2D eigenvalue weighted by atomic mass is 9.86. The second-order valence-corrected chi connectivity index (χ2v) is 19.7. The lowest BCUT2D eigenvalue weighted by Crippen LogP contribution is -2.50. The van der Waals surface area contributed by atoms with Gasteiger partial charge in [-0.15, -0.1) is 0 Å². The van der Waals surface area contributed by atoms with Gasteiger partial charge in [0.05, 0.1) is 36.0 Å². The van der Waals surface area contributed by atoms with Crippen molar-refractivity contribution < 1.29 is 65.9 Å². The second-order valence-electron chi connectivity index (χ2n) is 14.6. The monoisotopic (exact) mass is 842 g/mol. The smallest absolute Gasteiger partial charge is 0.356 e. The van der Waals surface area contributed by atoms with Gasteiger partial charge in [-0.25, -0.2) is 16.8 Å². The predicted molar refractivity (Wildman–Crippen MR) is 188 cm³/mol. The highest BCUT2D eigenvalue weighted by Gasteiger charge is 2.47. The summed E-state index contributed by atoms with van der Waals surface area (Å²) < 4.78 is 166. The van der Waals surface area contributed by atoms with E-state index in [-0.39, 0.29) is 60.7 Å². The minimum atomic E-state index is -4.72. The molecule has 0 radical (unpaired) electrons. The minimum Gasteiger partial charge on any atom is -0.356 e. The van der Waals surface area contributed by atoms with Crippen LogP contribution in [0.15, 0.2) is 82.6 Å². The molecule has 2 fully saturated rings. The Morgan fingerprint density at radius 3 is 1.43 bits per heavy atom. The number of piperidine rings is 2. The molecule has 2 amide bonds. The number of amides is 2. The quantitative estimate of drug-likeness (QED) is 0.239. The maximum absolute atomic E-state index is 13.3. The molecular formula is C37H39F9N2O6S2. The fourth-order valence-electron chi connectivity index (χ4n) is 6.55. The zero-order valence-corrected chi connectivity index (χ0v) is 32.1. The Bertz CT molecular complexity index is 2140. The molecule has 2 aliphatic rings. The summed E-state index contributed by atoms with van der Waals surface area (Å²) in [6, 6.07) is 11.2. The van der Waals surface area contributed by atoms with Crippen molar-refractivity contribution in [3.05, 3.63) is 89.5 Å². The Morgan fingerprint density at radius 1 is 0.589 bits per heavy atom. The number of hydrogen-bond donors (Lipinski definition) is 1.